The largest absolute Gasteiger partial charge is 0.465 e. The van der Waals surface area contributed by atoms with Crippen molar-refractivity contribution in [1.82, 2.24) is 0 Å². The van der Waals surface area contributed by atoms with Gasteiger partial charge in [0.05, 0.1) is 11.8 Å². The Balaban J connectivity index is 1.44. The monoisotopic (exact) mass is 560 g/mol. The third kappa shape index (κ3) is 11.0. The highest BCUT2D eigenvalue weighted by molar-refractivity contribution is 5.75. The van der Waals surface area contributed by atoms with E-state index in [1.54, 1.807) is 0 Å². The Labute approximate surface area is 247 Å². The maximum absolute atomic E-state index is 13.5. The van der Waals surface area contributed by atoms with Crippen molar-refractivity contribution in [3.8, 4) is 0 Å². The first-order valence-electron chi connectivity index (χ1n) is 17.5. The van der Waals surface area contributed by atoms with Crippen molar-refractivity contribution in [2.75, 3.05) is 6.61 Å². The van der Waals surface area contributed by atoms with Crippen LogP contribution in [-0.4, -0.2) is 24.6 Å². The lowest BCUT2D eigenvalue weighted by Gasteiger charge is -2.37. The van der Waals surface area contributed by atoms with Gasteiger partial charge in [-0.05, 0) is 106 Å². The van der Waals surface area contributed by atoms with Gasteiger partial charge < -0.3 is 9.47 Å². The average molecular weight is 561 g/mol. The zero-order valence-corrected chi connectivity index (χ0v) is 27.1. The summed E-state index contributed by atoms with van der Waals surface area (Å²) in [4.78, 5) is 26.5. The molecule has 4 atom stereocenters. The van der Waals surface area contributed by atoms with Gasteiger partial charge in [-0.1, -0.05) is 86.5 Å². The highest BCUT2D eigenvalue weighted by Gasteiger charge is 2.36. The van der Waals surface area contributed by atoms with Crippen molar-refractivity contribution in [3.05, 3.63) is 0 Å². The van der Waals surface area contributed by atoms with Crippen LogP contribution in [0.3, 0.4) is 0 Å². The number of rotatable bonds is 14. The van der Waals surface area contributed by atoms with E-state index < -0.39 is 0 Å². The Morgan fingerprint density at radius 3 is 1.77 bits per heavy atom. The summed E-state index contributed by atoms with van der Waals surface area (Å²) in [5.74, 6) is 4.25. The van der Waals surface area contributed by atoms with Crippen LogP contribution in [-0.2, 0) is 19.1 Å². The number of hydrogen-bond donors (Lipinski definition) is 0. The first kappa shape index (κ1) is 33.4. The molecular formula is C36H64O4. The molecule has 4 unspecified atom stereocenters. The molecule has 0 bridgehead atoms. The van der Waals surface area contributed by atoms with Gasteiger partial charge in [0, 0.05) is 0 Å². The van der Waals surface area contributed by atoms with Crippen LogP contribution >= 0.6 is 0 Å². The van der Waals surface area contributed by atoms with E-state index in [1.807, 2.05) is 6.92 Å². The molecule has 0 aromatic heterocycles. The van der Waals surface area contributed by atoms with E-state index in [4.69, 9.17) is 9.47 Å². The first-order valence-corrected chi connectivity index (χ1v) is 17.5. The summed E-state index contributed by atoms with van der Waals surface area (Å²) < 4.78 is 12.0. The van der Waals surface area contributed by atoms with E-state index in [2.05, 4.69) is 34.6 Å². The summed E-state index contributed by atoms with van der Waals surface area (Å²) in [5.41, 5.74) is 0. The van der Waals surface area contributed by atoms with E-state index in [-0.39, 0.29) is 42.4 Å². The minimum Gasteiger partial charge on any atom is -0.465 e. The van der Waals surface area contributed by atoms with Crippen molar-refractivity contribution in [2.24, 2.45) is 53.3 Å². The van der Waals surface area contributed by atoms with Gasteiger partial charge in [0.1, 0.15) is 12.7 Å². The Hall–Kier alpha value is -1.06. The predicted molar refractivity (Wildman–Crippen MR) is 165 cm³/mol. The maximum atomic E-state index is 13.5. The predicted octanol–water partition coefficient (Wildman–Crippen LogP) is 9.78. The Morgan fingerprint density at radius 2 is 1.20 bits per heavy atom. The fraction of sp³-hybridized carbons (Fsp3) is 0.944. The molecule has 4 heteroatoms. The van der Waals surface area contributed by atoms with Gasteiger partial charge in [-0.15, -0.1) is 0 Å². The summed E-state index contributed by atoms with van der Waals surface area (Å²) in [6.07, 6.45) is 20.1. The average Bonchev–Trinajstić information content (AvgIpc) is 2.95. The van der Waals surface area contributed by atoms with Crippen molar-refractivity contribution in [1.29, 1.82) is 0 Å². The smallest absolute Gasteiger partial charge is 0.312 e. The molecule has 3 aliphatic carbocycles. The molecular weight excluding hydrogens is 496 g/mol. The second-order valence-corrected chi connectivity index (χ2v) is 15.0. The number of hydrogen-bond acceptors (Lipinski definition) is 4. The van der Waals surface area contributed by atoms with E-state index in [0.29, 0.717) is 11.8 Å². The van der Waals surface area contributed by atoms with Crippen molar-refractivity contribution in [2.45, 2.75) is 157 Å². The molecule has 0 saturated heterocycles. The van der Waals surface area contributed by atoms with Crippen LogP contribution in [0.25, 0.3) is 0 Å². The van der Waals surface area contributed by atoms with Crippen LogP contribution in [0.5, 0.6) is 0 Å². The number of ether oxygens (including phenoxy) is 2. The Bertz CT molecular complexity index is 725. The minimum atomic E-state index is -0.302. The van der Waals surface area contributed by atoms with Gasteiger partial charge in [-0.2, -0.15) is 0 Å². The molecule has 0 aromatic rings. The molecule has 232 valence electrons. The van der Waals surface area contributed by atoms with Gasteiger partial charge in [-0.25, -0.2) is 0 Å². The van der Waals surface area contributed by atoms with Crippen LogP contribution in [0.15, 0.2) is 0 Å². The minimum absolute atomic E-state index is 0.0474. The second-order valence-electron chi connectivity index (χ2n) is 15.0. The Morgan fingerprint density at radius 1 is 0.650 bits per heavy atom. The van der Waals surface area contributed by atoms with Gasteiger partial charge in [0.2, 0.25) is 0 Å². The number of carbonyl (C=O) groups is 2. The van der Waals surface area contributed by atoms with Gasteiger partial charge in [-0.3, -0.25) is 9.59 Å². The normalized spacial score (nSPS) is 29.4. The molecule has 3 fully saturated rings. The molecule has 0 N–H and O–H groups in total. The van der Waals surface area contributed by atoms with Gasteiger partial charge >= 0.3 is 11.9 Å². The van der Waals surface area contributed by atoms with E-state index >= 15 is 0 Å². The summed E-state index contributed by atoms with van der Waals surface area (Å²) in [6.45, 7) is 13.8. The number of carbonyl (C=O) groups excluding carboxylic acids is 2. The molecule has 0 aliphatic heterocycles. The maximum Gasteiger partial charge on any atom is 0.312 e. The molecule has 0 aromatic carbocycles. The highest BCUT2D eigenvalue weighted by atomic mass is 16.6. The highest BCUT2D eigenvalue weighted by Crippen LogP contribution is 2.41. The summed E-state index contributed by atoms with van der Waals surface area (Å²) >= 11 is 0. The van der Waals surface area contributed by atoms with Gasteiger partial charge in [0.25, 0.3) is 0 Å². The molecule has 3 saturated carbocycles. The standard InChI is InChI=1S/C36H64O4/c1-25(2)12-15-27(4)28(5)16-17-29(6)35(37)39-24-34(32-10-8-7-9-11-32)36(38)40-33-22-20-31(21-23-33)30-18-13-26(3)14-19-30/h25-34H,7-24H2,1-6H3. The number of esters is 2. The van der Waals surface area contributed by atoms with Gasteiger partial charge in [0.15, 0.2) is 0 Å². The second kappa shape index (κ2) is 17.2. The van der Waals surface area contributed by atoms with Crippen molar-refractivity contribution >= 4 is 11.9 Å². The van der Waals surface area contributed by atoms with Crippen LogP contribution in [0.2, 0.25) is 0 Å². The first-order chi connectivity index (χ1) is 19.1. The molecule has 3 rings (SSSR count). The zero-order valence-electron chi connectivity index (χ0n) is 27.1. The van der Waals surface area contributed by atoms with E-state index in [1.165, 1.54) is 57.8 Å². The van der Waals surface area contributed by atoms with E-state index in [0.717, 1.165) is 75.0 Å². The summed E-state index contributed by atoms with van der Waals surface area (Å²) in [5, 5.41) is 0. The molecule has 0 heterocycles. The van der Waals surface area contributed by atoms with Crippen LogP contribution in [0, 0.1) is 53.3 Å². The molecule has 0 amide bonds. The fourth-order valence-corrected chi connectivity index (χ4v) is 7.73. The Kier molecular flexibility index (Phi) is 14.3. The third-order valence-corrected chi connectivity index (χ3v) is 11.3. The van der Waals surface area contributed by atoms with Crippen LogP contribution in [0.4, 0.5) is 0 Å². The molecule has 4 nitrogen and oxygen atoms in total. The molecule has 0 spiro atoms. The molecule has 0 radical (unpaired) electrons. The van der Waals surface area contributed by atoms with Crippen LogP contribution in [0.1, 0.15) is 151 Å². The topological polar surface area (TPSA) is 52.6 Å². The van der Waals surface area contributed by atoms with Crippen molar-refractivity contribution < 1.29 is 19.1 Å². The molecule has 3 aliphatic rings. The summed E-state index contributed by atoms with van der Waals surface area (Å²) in [7, 11) is 0. The fourth-order valence-electron chi connectivity index (χ4n) is 7.73. The third-order valence-electron chi connectivity index (χ3n) is 11.3. The van der Waals surface area contributed by atoms with Crippen molar-refractivity contribution in [3.63, 3.8) is 0 Å². The summed E-state index contributed by atoms with van der Waals surface area (Å²) in [6, 6.07) is 0. The van der Waals surface area contributed by atoms with Crippen LogP contribution < -0.4 is 0 Å². The molecule has 40 heavy (non-hydrogen) atoms. The SMILES string of the molecule is CC(C)CCC(C)C(C)CCC(C)C(=O)OCC(C(=O)OC1CCC(C2CCC(C)CC2)CC1)C1CCCCC1. The lowest BCUT2D eigenvalue weighted by molar-refractivity contribution is -0.165. The zero-order chi connectivity index (χ0) is 29.1. The van der Waals surface area contributed by atoms with E-state index in [9.17, 15) is 9.59 Å². The lowest BCUT2D eigenvalue weighted by Crippen LogP contribution is -2.36. The quantitative estimate of drug-likeness (QED) is 0.198. The lowest BCUT2D eigenvalue weighted by atomic mass is 9.71.